The third-order valence-electron chi connectivity index (χ3n) is 4.40. The molecule has 0 unspecified atom stereocenters. The number of benzene rings is 1. The summed E-state index contributed by atoms with van der Waals surface area (Å²) in [6.07, 6.45) is -11.1. The van der Waals surface area contributed by atoms with Gasteiger partial charge in [0.25, 0.3) is 0 Å². The van der Waals surface area contributed by atoms with Gasteiger partial charge in [0.15, 0.2) is 0 Å². The zero-order valence-electron chi connectivity index (χ0n) is 15.1. The normalized spacial score (nSPS) is 26.3. The third-order valence-corrected chi connectivity index (χ3v) is 7.38. The fraction of sp³-hybridized carbons (Fsp3) is 0.500. The van der Waals surface area contributed by atoms with Crippen molar-refractivity contribution in [3.8, 4) is 5.75 Å². The van der Waals surface area contributed by atoms with E-state index in [1.807, 2.05) is 0 Å². The van der Waals surface area contributed by atoms with Crippen molar-refractivity contribution in [1.29, 1.82) is 0 Å². The Balaban J connectivity index is 2.19. The number of rotatable bonds is 2. The molecule has 0 aromatic heterocycles. The number of alkyl halides is 6. The standard InChI is InChI=1S/C16H17F6O5P/c1-13(2)14(3,4)27-28(26-13,23-10-8-6-5-7-9-10)24-11(15(17,18)19)12(25-28)16(20,21)22/h5-9H,1-4H3. The third kappa shape index (κ3) is 3.29. The van der Waals surface area contributed by atoms with Crippen molar-refractivity contribution in [1.82, 2.24) is 0 Å². The van der Waals surface area contributed by atoms with Gasteiger partial charge in [0.2, 0.25) is 0 Å². The predicted molar refractivity (Wildman–Crippen MR) is 85.6 cm³/mol. The van der Waals surface area contributed by atoms with E-state index in [-0.39, 0.29) is 5.75 Å². The summed E-state index contributed by atoms with van der Waals surface area (Å²) in [6.45, 7) is 5.64. The molecule has 0 bridgehead atoms. The van der Waals surface area contributed by atoms with Crippen LogP contribution in [-0.4, -0.2) is 23.6 Å². The van der Waals surface area contributed by atoms with Gasteiger partial charge in [0, 0.05) is 0 Å². The van der Waals surface area contributed by atoms with Gasteiger partial charge in [-0.1, -0.05) is 0 Å². The summed E-state index contributed by atoms with van der Waals surface area (Å²) in [5.41, 5.74) is -2.84. The average molecular weight is 434 g/mol. The molecular weight excluding hydrogens is 417 g/mol. The van der Waals surface area contributed by atoms with Crippen LogP contribution in [0.25, 0.3) is 0 Å². The van der Waals surface area contributed by atoms with Crippen LogP contribution in [0.15, 0.2) is 41.9 Å². The number of halogens is 6. The quantitative estimate of drug-likeness (QED) is 0.411. The Labute approximate surface area is 156 Å². The second kappa shape index (κ2) is 5.67. The van der Waals surface area contributed by atoms with Crippen molar-refractivity contribution in [3.63, 3.8) is 0 Å². The summed E-state index contributed by atoms with van der Waals surface area (Å²) in [4.78, 5) is 0. The summed E-state index contributed by atoms with van der Waals surface area (Å²) < 4.78 is 106. The Morgan fingerprint density at radius 1 is 0.750 bits per heavy atom. The molecule has 5 nitrogen and oxygen atoms in total. The van der Waals surface area contributed by atoms with Gasteiger partial charge in [-0.05, 0) is 0 Å². The van der Waals surface area contributed by atoms with E-state index >= 15 is 0 Å². The minimum atomic E-state index is -5.90. The summed E-state index contributed by atoms with van der Waals surface area (Å²) in [5.74, 6) is -4.98. The van der Waals surface area contributed by atoms with Crippen LogP contribution < -0.4 is 4.52 Å². The molecule has 1 spiro atoms. The van der Waals surface area contributed by atoms with Gasteiger partial charge < -0.3 is 0 Å². The van der Waals surface area contributed by atoms with Crippen LogP contribution in [0, 0.1) is 0 Å². The van der Waals surface area contributed by atoms with Crippen LogP contribution in [-0.2, 0) is 18.1 Å². The van der Waals surface area contributed by atoms with Gasteiger partial charge in [-0.2, -0.15) is 0 Å². The maximum absolute atomic E-state index is 13.4. The fourth-order valence-corrected chi connectivity index (χ4v) is 6.29. The zero-order valence-corrected chi connectivity index (χ0v) is 16.0. The molecule has 2 aliphatic heterocycles. The van der Waals surface area contributed by atoms with E-state index in [9.17, 15) is 26.3 Å². The zero-order chi connectivity index (χ0) is 21.3. The van der Waals surface area contributed by atoms with Crippen molar-refractivity contribution in [2.24, 2.45) is 0 Å². The fourth-order valence-electron chi connectivity index (χ4n) is 2.55. The molecule has 0 amide bonds. The Morgan fingerprint density at radius 2 is 1.14 bits per heavy atom. The summed E-state index contributed by atoms with van der Waals surface area (Å²) in [6, 6.07) is 7.06. The monoisotopic (exact) mass is 434 g/mol. The Hall–Kier alpha value is -1.71. The second-order valence-electron chi connectivity index (χ2n) is 7.19. The molecule has 158 valence electrons. The predicted octanol–water partition coefficient (Wildman–Crippen LogP) is 6.18. The molecule has 0 radical (unpaired) electrons. The van der Waals surface area contributed by atoms with Gasteiger partial charge in [0.05, 0.1) is 0 Å². The summed E-state index contributed by atoms with van der Waals surface area (Å²) in [7, 11) is -5.90. The molecule has 1 aromatic carbocycles. The Bertz CT molecular complexity index is 769. The molecule has 12 heteroatoms. The van der Waals surface area contributed by atoms with Gasteiger partial charge >= 0.3 is 156 Å². The van der Waals surface area contributed by atoms with Gasteiger partial charge in [-0.3, -0.25) is 0 Å². The molecule has 1 saturated heterocycles. The SMILES string of the molecule is CC1(C)OP2(Oc3ccccc3)(OC(C(F)(F)F)=C(C(F)(F)F)O2)OC1(C)C. The topological polar surface area (TPSA) is 46.2 Å². The molecule has 1 fully saturated rings. The molecule has 28 heavy (non-hydrogen) atoms. The average Bonchev–Trinajstić information content (AvgIpc) is 2.89. The first-order valence-corrected chi connectivity index (χ1v) is 9.80. The van der Waals surface area contributed by atoms with Crippen LogP contribution in [0.1, 0.15) is 27.7 Å². The molecule has 0 saturated carbocycles. The van der Waals surface area contributed by atoms with Crippen molar-refractivity contribution in [2.75, 3.05) is 0 Å². The molecule has 3 rings (SSSR count). The van der Waals surface area contributed by atoms with Gasteiger partial charge in [0.1, 0.15) is 0 Å². The summed E-state index contributed by atoms with van der Waals surface area (Å²) >= 11 is 0. The van der Waals surface area contributed by atoms with E-state index in [4.69, 9.17) is 22.6 Å². The van der Waals surface area contributed by atoms with Gasteiger partial charge in [-0.15, -0.1) is 0 Å². The van der Waals surface area contributed by atoms with Crippen molar-refractivity contribution >= 4 is 7.74 Å². The van der Waals surface area contributed by atoms with Gasteiger partial charge in [-0.25, -0.2) is 0 Å². The van der Waals surface area contributed by atoms with Crippen molar-refractivity contribution in [3.05, 3.63) is 41.9 Å². The number of hydrogen-bond donors (Lipinski definition) is 0. The van der Waals surface area contributed by atoms with E-state index in [0.29, 0.717) is 0 Å². The van der Waals surface area contributed by atoms with E-state index in [2.05, 4.69) is 0 Å². The Morgan fingerprint density at radius 3 is 1.50 bits per heavy atom. The Kier molecular flexibility index (Phi) is 4.26. The van der Waals surface area contributed by atoms with Crippen LogP contribution in [0.2, 0.25) is 0 Å². The van der Waals surface area contributed by atoms with Crippen molar-refractivity contribution in [2.45, 2.75) is 51.2 Å². The van der Waals surface area contributed by atoms with Crippen LogP contribution in [0.5, 0.6) is 5.75 Å². The molecule has 0 aliphatic carbocycles. The van der Waals surface area contributed by atoms with E-state index in [1.165, 1.54) is 52.0 Å². The minimum absolute atomic E-state index is 0.154. The first-order valence-electron chi connectivity index (χ1n) is 7.98. The van der Waals surface area contributed by atoms with Crippen LogP contribution in [0.4, 0.5) is 26.3 Å². The second-order valence-corrected chi connectivity index (χ2v) is 9.59. The molecule has 2 heterocycles. The van der Waals surface area contributed by atoms with Crippen molar-refractivity contribution < 1.29 is 49.0 Å². The molecule has 0 N–H and O–H groups in total. The van der Waals surface area contributed by atoms with E-state index in [1.54, 1.807) is 6.07 Å². The number of hydrogen-bond acceptors (Lipinski definition) is 5. The molecule has 2 aliphatic rings. The van der Waals surface area contributed by atoms with Crippen LogP contribution >= 0.6 is 7.74 Å². The number of allylic oxidation sites excluding steroid dienone is 2. The first kappa shape index (κ1) is 21.0. The maximum atomic E-state index is 13.4. The first-order chi connectivity index (χ1) is 12.5. The van der Waals surface area contributed by atoms with E-state index < -0.39 is 42.8 Å². The number of para-hydroxylation sites is 1. The van der Waals surface area contributed by atoms with Crippen LogP contribution in [0.3, 0.4) is 0 Å². The molecular formula is C16H17F6O5P. The summed E-state index contributed by atoms with van der Waals surface area (Å²) in [5, 5.41) is 0. The van der Waals surface area contributed by atoms with E-state index in [0.717, 1.165) is 0 Å². The molecule has 1 aromatic rings. The molecule has 0 atom stereocenters.